The molecule has 3 nitrogen and oxygen atoms in total. The van der Waals surface area contributed by atoms with Crippen LogP contribution >= 0.6 is 0 Å². The molecule has 0 radical (unpaired) electrons. The van der Waals surface area contributed by atoms with Gasteiger partial charge in [-0.2, -0.15) is 0 Å². The minimum atomic E-state index is -0.310. The first kappa shape index (κ1) is 18.3. The normalized spacial score (nSPS) is 14.9. The molecule has 2 heterocycles. The van der Waals surface area contributed by atoms with Crippen molar-refractivity contribution in [3.63, 3.8) is 0 Å². The van der Waals surface area contributed by atoms with E-state index in [0.29, 0.717) is 28.9 Å². The Morgan fingerprint density at radius 1 is 0.967 bits per heavy atom. The minimum absolute atomic E-state index is 0.00945. The molecule has 4 aromatic rings. The van der Waals surface area contributed by atoms with Gasteiger partial charge in [-0.15, -0.1) is 0 Å². The first-order valence-electron chi connectivity index (χ1n) is 10.0. The molecule has 1 unspecified atom stereocenters. The van der Waals surface area contributed by atoms with Crippen LogP contribution in [0.3, 0.4) is 0 Å². The van der Waals surface area contributed by atoms with E-state index in [2.05, 4.69) is 24.0 Å². The zero-order chi connectivity index (χ0) is 20.5. The third kappa shape index (κ3) is 3.62. The minimum Gasteiger partial charge on any atom is -0.296 e. The number of nitrogens with zero attached hydrogens (tertiary/aromatic N) is 2. The van der Waals surface area contributed by atoms with Crippen LogP contribution in [0.25, 0.3) is 10.9 Å². The highest BCUT2D eigenvalue weighted by Crippen LogP contribution is 2.23. The van der Waals surface area contributed by atoms with Gasteiger partial charge in [0.05, 0.1) is 10.9 Å². The number of hydrogen-bond donors (Lipinski definition) is 0. The van der Waals surface area contributed by atoms with Crippen molar-refractivity contribution in [2.75, 3.05) is 0 Å². The second-order valence-electron chi connectivity index (χ2n) is 7.70. The molecule has 1 aliphatic rings. The summed E-state index contributed by atoms with van der Waals surface area (Å²) in [6.45, 7) is 0.702. The van der Waals surface area contributed by atoms with E-state index in [4.69, 9.17) is 4.98 Å². The quantitative estimate of drug-likeness (QED) is 0.474. The number of benzene rings is 3. The van der Waals surface area contributed by atoms with E-state index in [1.54, 1.807) is 18.2 Å². The molecule has 5 rings (SSSR count). The maximum atomic E-state index is 13.3. The average Bonchev–Trinajstić information content (AvgIpc) is 3.15. The van der Waals surface area contributed by atoms with Crippen molar-refractivity contribution in [1.29, 1.82) is 0 Å². The van der Waals surface area contributed by atoms with Crippen LogP contribution in [-0.4, -0.2) is 9.55 Å². The predicted octanol–water partition coefficient (Wildman–Crippen LogP) is 4.35. The number of halogens is 1. The Hall–Kier alpha value is -3.71. The first-order valence-corrected chi connectivity index (χ1v) is 10.0. The third-order valence-electron chi connectivity index (χ3n) is 5.49. The molecule has 0 fully saturated rings. The van der Waals surface area contributed by atoms with Crippen molar-refractivity contribution in [1.82, 2.24) is 9.55 Å². The highest BCUT2D eigenvalue weighted by atomic mass is 19.1. The summed E-state index contributed by atoms with van der Waals surface area (Å²) in [5.74, 6) is 6.91. The summed E-state index contributed by atoms with van der Waals surface area (Å²) in [6, 6.07) is 22.0. The summed E-state index contributed by atoms with van der Waals surface area (Å²) < 4.78 is 15.1. The lowest BCUT2D eigenvalue weighted by molar-refractivity contribution is 0.507. The van der Waals surface area contributed by atoms with Gasteiger partial charge in [0.2, 0.25) is 0 Å². The SMILES string of the molecule is O=c1c2ccc(C#Cc3cccc(F)c3)cc2nc2n1CC(Cc1ccccc1)C2. The van der Waals surface area contributed by atoms with Crippen molar-refractivity contribution < 1.29 is 4.39 Å². The fourth-order valence-corrected chi connectivity index (χ4v) is 4.06. The van der Waals surface area contributed by atoms with Gasteiger partial charge < -0.3 is 0 Å². The molecule has 146 valence electrons. The van der Waals surface area contributed by atoms with Crippen LogP contribution < -0.4 is 5.56 Å². The zero-order valence-electron chi connectivity index (χ0n) is 16.3. The fraction of sp³-hybridized carbons (Fsp3) is 0.154. The molecular formula is C26H19FN2O. The van der Waals surface area contributed by atoms with E-state index in [-0.39, 0.29) is 11.4 Å². The molecule has 0 saturated carbocycles. The summed E-state index contributed by atoms with van der Waals surface area (Å²) >= 11 is 0. The lowest BCUT2D eigenvalue weighted by atomic mass is 9.98. The van der Waals surface area contributed by atoms with E-state index in [9.17, 15) is 9.18 Å². The van der Waals surface area contributed by atoms with Crippen LogP contribution in [-0.2, 0) is 19.4 Å². The number of hydrogen-bond acceptors (Lipinski definition) is 2. The molecule has 0 spiro atoms. The summed E-state index contributed by atoms with van der Waals surface area (Å²) in [5.41, 5.74) is 3.32. The summed E-state index contributed by atoms with van der Waals surface area (Å²) in [6.07, 6.45) is 1.73. The molecule has 0 bridgehead atoms. The van der Waals surface area contributed by atoms with Crippen molar-refractivity contribution >= 4 is 10.9 Å². The summed E-state index contributed by atoms with van der Waals surface area (Å²) in [4.78, 5) is 17.8. The molecule has 0 amide bonds. The van der Waals surface area contributed by atoms with Crippen molar-refractivity contribution in [2.24, 2.45) is 5.92 Å². The van der Waals surface area contributed by atoms with E-state index < -0.39 is 0 Å². The van der Waals surface area contributed by atoms with Crippen LogP contribution in [0.5, 0.6) is 0 Å². The monoisotopic (exact) mass is 394 g/mol. The summed E-state index contributed by atoms with van der Waals surface area (Å²) in [7, 11) is 0. The molecule has 1 atom stereocenters. The van der Waals surface area contributed by atoms with E-state index in [1.807, 2.05) is 34.9 Å². The topological polar surface area (TPSA) is 34.9 Å². The van der Waals surface area contributed by atoms with Gasteiger partial charge in [-0.25, -0.2) is 9.37 Å². The second-order valence-corrected chi connectivity index (χ2v) is 7.70. The van der Waals surface area contributed by atoms with Crippen molar-refractivity contribution in [3.05, 3.63) is 111 Å². The Labute approximate surface area is 173 Å². The lowest BCUT2D eigenvalue weighted by Crippen LogP contribution is -2.21. The Morgan fingerprint density at radius 3 is 2.57 bits per heavy atom. The molecule has 1 aromatic heterocycles. The van der Waals surface area contributed by atoms with Crippen molar-refractivity contribution in [3.8, 4) is 11.8 Å². The fourth-order valence-electron chi connectivity index (χ4n) is 4.06. The predicted molar refractivity (Wildman–Crippen MR) is 116 cm³/mol. The Morgan fingerprint density at radius 2 is 1.77 bits per heavy atom. The lowest BCUT2D eigenvalue weighted by Gasteiger charge is -2.07. The molecule has 0 saturated heterocycles. The van der Waals surface area contributed by atoms with Crippen LogP contribution in [0.1, 0.15) is 22.5 Å². The van der Waals surface area contributed by atoms with Gasteiger partial charge in [-0.05, 0) is 54.3 Å². The van der Waals surface area contributed by atoms with E-state index in [1.165, 1.54) is 17.7 Å². The van der Waals surface area contributed by atoms with Crippen LogP contribution in [0, 0.1) is 23.6 Å². The maximum Gasteiger partial charge on any atom is 0.261 e. The average molecular weight is 394 g/mol. The first-order chi connectivity index (χ1) is 14.7. The highest BCUT2D eigenvalue weighted by molar-refractivity contribution is 5.79. The van der Waals surface area contributed by atoms with Gasteiger partial charge in [-0.3, -0.25) is 9.36 Å². The molecular weight excluding hydrogens is 375 g/mol. The van der Waals surface area contributed by atoms with E-state index in [0.717, 1.165) is 24.2 Å². The zero-order valence-corrected chi connectivity index (χ0v) is 16.3. The van der Waals surface area contributed by atoms with Gasteiger partial charge in [0.25, 0.3) is 5.56 Å². The van der Waals surface area contributed by atoms with Crippen LogP contribution in [0.15, 0.2) is 77.6 Å². The van der Waals surface area contributed by atoms with Gasteiger partial charge >= 0.3 is 0 Å². The number of aromatic nitrogens is 2. The Kier molecular flexibility index (Phi) is 4.65. The van der Waals surface area contributed by atoms with Gasteiger partial charge in [0, 0.05) is 24.1 Å². The smallest absolute Gasteiger partial charge is 0.261 e. The second kappa shape index (κ2) is 7.61. The molecule has 0 N–H and O–H groups in total. The molecule has 1 aliphatic heterocycles. The molecule has 4 heteroatoms. The number of fused-ring (bicyclic) bond motifs is 2. The highest BCUT2D eigenvalue weighted by Gasteiger charge is 2.25. The maximum absolute atomic E-state index is 13.3. The van der Waals surface area contributed by atoms with Crippen LogP contribution in [0.4, 0.5) is 4.39 Å². The summed E-state index contributed by atoms with van der Waals surface area (Å²) in [5, 5.41) is 0.607. The largest absolute Gasteiger partial charge is 0.296 e. The van der Waals surface area contributed by atoms with Gasteiger partial charge in [0.15, 0.2) is 0 Å². The standard InChI is InChI=1S/C26H19FN2O/c27-22-8-4-7-19(14-22)9-10-20-11-12-23-24(15-20)28-25-16-21(17-29(25)26(23)30)13-18-5-2-1-3-6-18/h1-8,11-12,14-15,21H,13,16-17H2. The van der Waals surface area contributed by atoms with E-state index >= 15 is 0 Å². The van der Waals surface area contributed by atoms with Gasteiger partial charge in [0.1, 0.15) is 11.6 Å². The molecule has 0 aliphatic carbocycles. The Bertz CT molecular complexity index is 1360. The number of rotatable bonds is 2. The van der Waals surface area contributed by atoms with Gasteiger partial charge in [-0.1, -0.05) is 48.2 Å². The Balaban J connectivity index is 1.45. The van der Waals surface area contributed by atoms with Crippen molar-refractivity contribution in [2.45, 2.75) is 19.4 Å². The third-order valence-corrected chi connectivity index (χ3v) is 5.49. The molecule has 3 aromatic carbocycles. The molecule has 30 heavy (non-hydrogen) atoms. The van der Waals surface area contributed by atoms with Crippen LogP contribution in [0.2, 0.25) is 0 Å².